The smallest absolute Gasteiger partial charge is 0.276 e. The molecule has 4 rings (SSSR count). The highest BCUT2D eigenvalue weighted by Gasteiger charge is 2.32. The maximum absolute atomic E-state index is 12.9. The predicted molar refractivity (Wildman–Crippen MR) is 136 cm³/mol. The van der Waals surface area contributed by atoms with Crippen LogP contribution in [0.3, 0.4) is 0 Å². The minimum Gasteiger partial charge on any atom is -0.493 e. The van der Waals surface area contributed by atoms with Crippen LogP contribution in [0.5, 0.6) is 11.5 Å². The van der Waals surface area contributed by atoms with Crippen molar-refractivity contribution in [3.63, 3.8) is 0 Å². The summed E-state index contributed by atoms with van der Waals surface area (Å²) in [4.78, 5) is 25.8. The molecule has 0 aromatic heterocycles. The molecule has 1 saturated heterocycles. The molecule has 1 heterocycles. The fourth-order valence-corrected chi connectivity index (χ4v) is 4.67. The minimum absolute atomic E-state index is 0.00406. The summed E-state index contributed by atoms with van der Waals surface area (Å²) in [5, 5.41) is 11.2. The third-order valence-corrected chi connectivity index (χ3v) is 6.49. The van der Waals surface area contributed by atoms with Crippen molar-refractivity contribution >= 4 is 46.0 Å². The van der Waals surface area contributed by atoms with Gasteiger partial charge in [-0.3, -0.25) is 19.8 Å². The lowest BCUT2D eigenvalue weighted by Gasteiger charge is -2.14. The van der Waals surface area contributed by atoms with Gasteiger partial charge in [-0.2, -0.15) is 0 Å². The largest absolute Gasteiger partial charge is 0.493 e. The van der Waals surface area contributed by atoms with E-state index in [1.165, 1.54) is 24.9 Å². The normalized spacial score (nSPS) is 14.5. The fourth-order valence-electron chi connectivity index (χ4n) is 3.41. The zero-order valence-corrected chi connectivity index (χ0v) is 19.8. The minimum atomic E-state index is -0.437. The molecule has 0 bridgehead atoms. The zero-order valence-electron chi connectivity index (χ0n) is 18.2. The highest BCUT2D eigenvalue weighted by molar-refractivity contribution is 8.26. The van der Waals surface area contributed by atoms with Crippen LogP contribution < -0.4 is 9.47 Å². The third-order valence-electron chi connectivity index (χ3n) is 5.11. The Labute approximate surface area is 206 Å². The zero-order chi connectivity index (χ0) is 24.1. The van der Waals surface area contributed by atoms with E-state index in [1.807, 2.05) is 30.3 Å². The quantitative estimate of drug-likeness (QED) is 0.176. The van der Waals surface area contributed by atoms with Crippen LogP contribution in [0.1, 0.15) is 16.7 Å². The molecule has 9 heteroatoms. The number of thiocarbonyl (C=S) groups is 1. The molecule has 1 aliphatic heterocycles. The van der Waals surface area contributed by atoms with E-state index in [1.54, 1.807) is 47.4 Å². The van der Waals surface area contributed by atoms with Crippen molar-refractivity contribution in [3.8, 4) is 11.5 Å². The average molecular weight is 493 g/mol. The second-order valence-electron chi connectivity index (χ2n) is 7.34. The van der Waals surface area contributed by atoms with Gasteiger partial charge in [-0.1, -0.05) is 72.5 Å². The van der Waals surface area contributed by atoms with Gasteiger partial charge in [0.2, 0.25) is 0 Å². The Hall–Kier alpha value is -3.69. The van der Waals surface area contributed by atoms with Crippen LogP contribution >= 0.6 is 24.0 Å². The SMILES string of the molecule is COc1cc(/C=C2/SC(=S)N(Cc3ccccc3)C2=O)ccc1OCc1ccccc1[N+](=O)[O-]. The number of para-hydroxylation sites is 1. The van der Waals surface area contributed by atoms with Crippen LogP contribution in [-0.4, -0.2) is 27.2 Å². The van der Waals surface area contributed by atoms with Gasteiger partial charge in [-0.15, -0.1) is 0 Å². The Morgan fingerprint density at radius 1 is 1.06 bits per heavy atom. The monoisotopic (exact) mass is 492 g/mol. The summed E-state index contributed by atoms with van der Waals surface area (Å²) >= 11 is 6.68. The van der Waals surface area contributed by atoms with Crippen molar-refractivity contribution < 1.29 is 19.2 Å². The highest BCUT2D eigenvalue weighted by atomic mass is 32.2. The van der Waals surface area contributed by atoms with Gasteiger partial charge in [0.15, 0.2) is 11.5 Å². The summed E-state index contributed by atoms with van der Waals surface area (Å²) in [5.41, 5.74) is 2.20. The molecule has 0 aliphatic carbocycles. The third kappa shape index (κ3) is 5.27. The van der Waals surface area contributed by atoms with Crippen molar-refractivity contribution in [2.75, 3.05) is 7.11 Å². The molecule has 0 spiro atoms. The summed E-state index contributed by atoms with van der Waals surface area (Å²) < 4.78 is 11.8. The number of nitro benzene ring substituents is 1. The molecule has 0 radical (unpaired) electrons. The van der Waals surface area contributed by atoms with E-state index in [-0.39, 0.29) is 18.2 Å². The molecule has 172 valence electrons. The van der Waals surface area contributed by atoms with E-state index in [9.17, 15) is 14.9 Å². The van der Waals surface area contributed by atoms with Gasteiger partial charge < -0.3 is 9.47 Å². The topological polar surface area (TPSA) is 81.9 Å². The summed E-state index contributed by atoms with van der Waals surface area (Å²) in [6, 6.07) is 21.4. The van der Waals surface area contributed by atoms with E-state index in [0.29, 0.717) is 32.8 Å². The van der Waals surface area contributed by atoms with Gasteiger partial charge in [0.05, 0.1) is 29.0 Å². The predicted octanol–water partition coefficient (Wildman–Crippen LogP) is 5.58. The Bertz CT molecular complexity index is 1280. The molecule has 0 N–H and O–H groups in total. The van der Waals surface area contributed by atoms with E-state index < -0.39 is 4.92 Å². The second kappa shape index (κ2) is 10.5. The van der Waals surface area contributed by atoms with Crippen molar-refractivity contribution in [1.82, 2.24) is 4.90 Å². The van der Waals surface area contributed by atoms with Crippen LogP contribution in [0.25, 0.3) is 6.08 Å². The number of hydrogen-bond donors (Lipinski definition) is 0. The first kappa shape index (κ1) is 23.5. The molecular weight excluding hydrogens is 472 g/mol. The molecule has 1 aliphatic rings. The van der Waals surface area contributed by atoms with Crippen LogP contribution in [0, 0.1) is 10.1 Å². The number of hydrogen-bond acceptors (Lipinski definition) is 7. The number of carbonyl (C=O) groups is 1. The van der Waals surface area contributed by atoms with E-state index in [2.05, 4.69) is 0 Å². The number of methoxy groups -OCH3 is 1. The summed E-state index contributed by atoms with van der Waals surface area (Å²) in [6.07, 6.45) is 1.76. The van der Waals surface area contributed by atoms with Crippen LogP contribution in [0.15, 0.2) is 77.7 Å². The number of thioether (sulfide) groups is 1. The van der Waals surface area contributed by atoms with Gasteiger partial charge in [0, 0.05) is 6.07 Å². The van der Waals surface area contributed by atoms with E-state index >= 15 is 0 Å². The molecule has 0 saturated carbocycles. The fraction of sp³-hybridized carbons (Fsp3) is 0.120. The first-order chi connectivity index (χ1) is 16.5. The molecule has 0 unspecified atom stereocenters. The van der Waals surface area contributed by atoms with Crippen LogP contribution in [0.4, 0.5) is 5.69 Å². The van der Waals surface area contributed by atoms with Gasteiger partial charge in [-0.25, -0.2) is 0 Å². The maximum atomic E-state index is 12.9. The molecule has 3 aromatic rings. The maximum Gasteiger partial charge on any atom is 0.276 e. The van der Waals surface area contributed by atoms with Gasteiger partial charge in [0.25, 0.3) is 11.6 Å². The molecule has 34 heavy (non-hydrogen) atoms. The molecule has 1 amide bonds. The Morgan fingerprint density at radius 2 is 1.79 bits per heavy atom. The summed E-state index contributed by atoms with van der Waals surface area (Å²) in [5.74, 6) is 0.746. The molecule has 3 aromatic carbocycles. The molecule has 0 atom stereocenters. The van der Waals surface area contributed by atoms with Gasteiger partial charge >= 0.3 is 0 Å². The Morgan fingerprint density at radius 3 is 2.53 bits per heavy atom. The number of rotatable bonds is 8. The number of nitrogens with zero attached hydrogens (tertiary/aromatic N) is 2. The first-order valence-corrected chi connectivity index (χ1v) is 11.5. The molecular formula is C25H20N2O5S2. The number of amides is 1. The van der Waals surface area contributed by atoms with Crippen molar-refractivity contribution in [2.45, 2.75) is 13.2 Å². The lowest BCUT2D eigenvalue weighted by Crippen LogP contribution is -2.27. The lowest BCUT2D eigenvalue weighted by molar-refractivity contribution is -0.385. The van der Waals surface area contributed by atoms with Crippen LogP contribution in [-0.2, 0) is 17.9 Å². The first-order valence-electron chi connectivity index (χ1n) is 10.3. The number of carbonyl (C=O) groups excluding carboxylic acids is 1. The van der Waals surface area contributed by atoms with Crippen molar-refractivity contribution in [3.05, 3.63) is 105 Å². The van der Waals surface area contributed by atoms with Gasteiger partial charge in [-0.05, 0) is 35.4 Å². The number of ether oxygens (including phenoxy) is 2. The number of benzene rings is 3. The molecule has 1 fully saturated rings. The Kier molecular flexibility index (Phi) is 7.24. The van der Waals surface area contributed by atoms with Crippen molar-refractivity contribution in [2.24, 2.45) is 0 Å². The molecule has 7 nitrogen and oxygen atoms in total. The highest BCUT2D eigenvalue weighted by Crippen LogP contribution is 2.36. The second-order valence-corrected chi connectivity index (χ2v) is 9.01. The lowest BCUT2D eigenvalue weighted by atomic mass is 10.1. The van der Waals surface area contributed by atoms with Gasteiger partial charge in [0.1, 0.15) is 10.9 Å². The standard InChI is InChI=1S/C25H20N2O5S2/c1-31-22-13-18(11-12-21(22)32-16-19-9-5-6-10-20(19)27(29)30)14-23-24(28)26(25(33)34-23)15-17-7-3-2-4-8-17/h2-14H,15-16H2,1H3/b23-14+. The van der Waals surface area contributed by atoms with E-state index in [0.717, 1.165) is 11.1 Å². The Balaban J connectivity index is 1.50. The van der Waals surface area contributed by atoms with Crippen LogP contribution in [0.2, 0.25) is 0 Å². The number of nitro groups is 1. The average Bonchev–Trinajstić information content (AvgIpc) is 3.11. The summed E-state index contributed by atoms with van der Waals surface area (Å²) in [7, 11) is 1.51. The van der Waals surface area contributed by atoms with Crippen molar-refractivity contribution in [1.29, 1.82) is 0 Å². The van der Waals surface area contributed by atoms with E-state index in [4.69, 9.17) is 21.7 Å². The summed E-state index contributed by atoms with van der Waals surface area (Å²) in [6.45, 7) is 0.440.